The van der Waals surface area contributed by atoms with Crippen LogP contribution in [0.3, 0.4) is 0 Å². The second-order valence-corrected chi connectivity index (χ2v) is 2.28. The molecule has 0 spiro atoms. The summed E-state index contributed by atoms with van der Waals surface area (Å²) in [7, 11) is 2.43. The summed E-state index contributed by atoms with van der Waals surface area (Å²) in [5, 5.41) is 10.9. The fraction of sp³-hybridized carbons (Fsp3) is 0.750. The minimum Gasteiger partial charge on any atom is -0.215 e. The Labute approximate surface area is 55.9 Å². The molecular weight excluding hydrogens is 135 g/mol. The maximum atomic E-state index is 3.79. The molecule has 0 aliphatic carbocycles. The lowest BCUT2D eigenvalue weighted by Crippen LogP contribution is -1.91. The molecule has 0 aromatic carbocycles. The number of hydrogen-bond donors (Lipinski definition) is 0. The summed E-state index contributed by atoms with van der Waals surface area (Å²) in [5.41, 5.74) is 0. The zero-order valence-electron chi connectivity index (χ0n) is 5.28. The quantitative estimate of drug-likeness (QED) is 0.559. The molecule has 50 valence electrons. The Kier molecular flexibility index (Phi) is 2.11. The van der Waals surface area contributed by atoms with Gasteiger partial charge in [-0.15, -0.1) is 5.10 Å². The Hall–Kier alpha value is -0.500. The van der Waals surface area contributed by atoms with Crippen LogP contribution in [0.5, 0.6) is 0 Å². The molecule has 0 fully saturated rings. The molecule has 0 amide bonds. The van der Waals surface area contributed by atoms with Crippen LogP contribution in [-0.2, 0) is 6.42 Å². The van der Waals surface area contributed by atoms with E-state index >= 15 is 0 Å². The van der Waals surface area contributed by atoms with Crippen LogP contribution >= 0.6 is 9.39 Å². The molecular formula is C4H9N4P. The van der Waals surface area contributed by atoms with Gasteiger partial charge in [-0.3, -0.25) is 0 Å². The highest BCUT2D eigenvalue weighted by atomic mass is 31.0. The topological polar surface area (TPSA) is 43.6 Å². The second kappa shape index (κ2) is 2.87. The third-order valence-corrected chi connectivity index (χ3v) is 1.44. The lowest BCUT2D eigenvalue weighted by Gasteiger charge is -1.91. The van der Waals surface area contributed by atoms with Gasteiger partial charge in [-0.25, -0.2) is 4.45 Å². The molecule has 9 heavy (non-hydrogen) atoms. The van der Waals surface area contributed by atoms with E-state index in [1.165, 1.54) is 0 Å². The number of aryl methyl sites for hydroxylation is 1. The molecule has 1 aromatic rings. The molecule has 1 aromatic heterocycles. The first-order valence-corrected chi connectivity index (χ1v) is 3.38. The van der Waals surface area contributed by atoms with Gasteiger partial charge < -0.3 is 0 Å². The van der Waals surface area contributed by atoms with Gasteiger partial charge >= 0.3 is 0 Å². The minimum atomic E-state index is 0.919. The summed E-state index contributed by atoms with van der Waals surface area (Å²) in [5.74, 6) is 0.919. The minimum absolute atomic E-state index is 0.919. The van der Waals surface area contributed by atoms with Crippen molar-refractivity contribution in [2.75, 3.05) is 0 Å². The predicted octanol–water partition coefficient (Wildman–Crippen LogP) is 0.264. The van der Waals surface area contributed by atoms with Crippen molar-refractivity contribution in [1.29, 1.82) is 0 Å². The predicted molar refractivity (Wildman–Crippen MR) is 36.9 cm³/mol. The Morgan fingerprint density at radius 2 is 2.44 bits per heavy atom. The van der Waals surface area contributed by atoms with E-state index in [0.717, 1.165) is 18.7 Å². The van der Waals surface area contributed by atoms with Gasteiger partial charge in [0.05, 0.1) is 0 Å². The summed E-state index contributed by atoms with van der Waals surface area (Å²) >= 11 is 0. The van der Waals surface area contributed by atoms with E-state index in [9.17, 15) is 0 Å². The molecule has 1 unspecified atom stereocenters. The fourth-order valence-corrected chi connectivity index (χ4v) is 0.827. The normalized spacial score (nSPS) is 10.0. The average molecular weight is 144 g/mol. The van der Waals surface area contributed by atoms with Crippen molar-refractivity contribution in [3.8, 4) is 0 Å². The molecule has 4 nitrogen and oxygen atoms in total. The fourth-order valence-electron chi connectivity index (χ4n) is 0.600. The molecule has 0 radical (unpaired) electrons. The van der Waals surface area contributed by atoms with E-state index in [1.807, 2.05) is 0 Å². The average Bonchev–Trinajstić information content (AvgIpc) is 2.18. The molecule has 1 atom stereocenters. The standard InChI is InChI=1S/C4H9N4P/c1-2-3-4-5-6-7-8(4)9/h2-3,9H2,1H3. The van der Waals surface area contributed by atoms with Crippen molar-refractivity contribution < 1.29 is 0 Å². The first-order chi connectivity index (χ1) is 4.34. The molecule has 1 heterocycles. The Bertz CT molecular complexity index is 184. The summed E-state index contributed by atoms with van der Waals surface area (Å²) in [6, 6.07) is 0. The molecule has 0 saturated heterocycles. The molecule has 0 N–H and O–H groups in total. The highest BCUT2D eigenvalue weighted by Crippen LogP contribution is 1.98. The van der Waals surface area contributed by atoms with Gasteiger partial charge in [0.15, 0.2) is 5.82 Å². The van der Waals surface area contributed by atoms with Crippen molar-refractivity contribution >= 4 is 9.39 Å². The number of tetrazole rings is 1. The van der Waals surface area contributed by atoms with Crippen LogP contribution in [0.25, 0.3) is 0 Å². The van der Waals surface area contributed by atoms with Gasteiger partial charge in [-0.1, -0.05) is 6.92 Å². The molecule has 5 heteroatoms. The van der Waals surface area contributed by atoms with Crippen molar-refractivity contribution in [3.05, 3.63) is 5.82 Å². The summed E-state index contributed by atoms with van der Waals surface area (Å²) in [6.07, 6.45) is 2.02. The first kappa shape index (κ1) is 6.62. The highest BCUT2D eigenvalue weighted by molar-refractivity contribution is 7.14. The van der Waals surface area contributed by atoms with Crippen LogP contribution in [-0.4, -0.2) is 20.0 Å². The summed E-state index contributed by atoms with van der Waals surface area (Å²) < 4.78 is 1.61. The number of rotatable bonds is 2. The number of aromatic nitrogens is 4. The lowest BCUT2D eigenvalue weighted by molar-refractivity contribution is 0.813. The van der Waals surface area contributed by atoms with Crippen LogP contribution in [0, 0.1) is 0 Å². The van der Waals surface area contributed by atoms with Gasteiger partial charge in [-0.05, 0) is 26.2 Å². The van der Waals surface area contributed by atoms with E-state index in [0.29, 0.717) is 0 Å². The number of nitrogens with zero attached hydrogens (tertiary/aromatic N) is 4. The Morgan fingerprint density at radius 3 is 2.89 bits per heavy atom. The summed E-state index contributed by atoms with van der Waals surface area (Å²) in [4.78, 5) is 0. The Balaban J connectivity index is 2.69. The van der Waals surface area contributed by atoms with Gasteiger partial charge in [0.25, 0.3) is 0 Å². The third kappa shape index (κ3) is 1.45. The van der Waals surface area contributed by atoms with Crippen LogP contribution in [0.2, 0.25) is 0 Å². The lowest BCUT2D eigenvalue weighted by atomic mass is 10.3. The van der Waals surface area contributed by atoms with Gasteiger partial charge in [0.2, 0.25) is 0 Å². The zero-order valence-corrected chi connectivity index (χ0v) is 6.44. The van der Waals surface area contributed by atoms with Crippen molar-refractivity contribution in [2.24, 2.45) is 0 Å². The molecule has 0 aliphatic heterocycles. The van der Waals surface area contributed by atoms with E-state index < -0.39 is 0 Å². The van der Waals surface area contributed by atoms with Crippen LogP contribution in [0.15, 0.2) is 0 Å². The SMILES string of the molecule is CCCc1nnnn1P. The van der Waals surface area contributed by atoms with E-state index in [1.54, 1.807) is 4.45 Å². The van der Waals surface area contributed by atoms with Gasteiger partial charge in [-0.2, -0.15) is 0 Å². The van der Waals surface area contributed by atoms with Crippen molar-refractivity contribution in [2.45, 2.75) is 19.8 Å². The largest absolute Gasteiger partial charge is 0.215 e. The monoisotopic (exact) mass is 144 g/mol. The first-order valence-electron chi connectivity index (χ1n) is 2.87. The Morgan fingerprint density at radius 1 is 1.67 bits per heavy atom. The van der Waals surface area contributed by atoms with Crippen LogP contribution < -0.4 is 0 Å². The van der Waals surface area contributed by atoms with Crippen molar-refractivity contribution in [1.82, 2.24) is 20.0 Å². The van der Waals surface area contributed by atoms with Gasteiger partial charge in [0.1, 0.15) is 0 Å². The second-order valence-electron chi connectivity index (χ2n) is 1.79. The zero-order chi connectivity index (χ0) is 6.69. The van der Waals surface area contributed by atoms with E-state index in [2.05, 4.69) is 31.8 Å². The van der Waals surface area contributed by atoms with E-state index in [4.69, 9.17) is 0 Å². The smallest absolute Gasteiger partial charge is 0.154 e. The highest BCUT2D eigenvalue weighted by Gasteiger charge is 1.97. The maximum Gasteiger partial charge on any atom is 0.154 e. The third-order valence-electron chi connectivity index (χ3n) is 1.03. The van der Waals surface area contributed by atoms with Gasteiger partial charge in [0, 0.05) is 6.42 Å². The molecule has 0 bridgehead atoms. The van der Waals surface area contributed by atoms with Crippen LogP contribution in [0.4, 0.5) is 0 Å². The van der Waals surface area contributed by atoms with Crippen molar-refractivity contribution in [3.63, 3.8) is 0 Å². The van der Waals surface area contributed by atoms with Crippen LogP contribution in [0.1, 0.15) is 19.2 Å². The number of hydrogen-bond acceptors (Lipinski definition) is 3. The van der Waals surface area contributed by atoms with E-state index in [-0.39, 0.29) is 0 Å². The molecule has 1 rings (SSSR count). The molecule has 0 aliphatic rings. The molecule has 0 saturated carbocycles. The summed E-state index contributed by atoms with van der Waals surface area (Å²) in [6.45, 7) is 2.10. The maximum absolute atomic E-state index is 3.79.